The molecule has 6 nitrogen and oxygen atoms in total. The Morgan fingerprint density at radius 1 is 1.24 bits per heavy atom. The minimum absolute atomic E-state index is 0.0560. The van der Waals surface area contributed by atoms with Gasteiger partial charge >= 0.3 is 0 Å². The lowest BCUT2D eigenvalue weighted by atomic mass is 10.2. The fourth-order valence-corrected chi connectivity index (χ4v) is 1.94. The second-order valence-electron chi connectivity index (χ2n) is 4.25. The molecule has 2 amide bonds. The van der Waals surface area contributed by atoms with E-state index in [4.69, 9.17) is 10.5 Å². The van der Waals surface area contributed by atoms with Crippen LogP contribution in [0, 0.1) is 0 Å². The van der Waals surface area contributed by atoms with Crippen molar-refractivity contribution in [3.63, 3.8) is 0 Å². The predicted molar refractivity (Wildman–Crippen MR) is 63.3 cm³/mol. The van der Waals surface area contributed by atoms with Crippen molar-refractivity contribution in [2.45, 2.75) is 19.4 Å². The summed E-state index contributed by atoms with van der Waals surface area (Å²) in [7, 11) is 1.52. The predicted octanol–water partition coefficient (Wildman–Crippen LogP) is -0.959. The molecule has 0 saturated carbocycles. The van der Waals surface area contributed by atoms with Gasteiger partial charge in [0.1, 0.15) is 6.04 Å². The number of hydrogen-bond acceptors (Lipinski definition) is 4. The second-order valence-corrected chi connectivity index (χ2v) is 4.25. The average molecular weight is 243 g/mol. The molecule has 17 heavy (non-hydrogen) atoms. The lowest BCUT2D eigenvalue weighted by Crippen LogP contribution is -2.47. The molecule has 0 spiro atoms. The highest BCUT2D eigenvalue weighted by Gasteiger charge is 2.24. The van der Waals surface area contributed by atoms with Crippen LogP contribution in [0.25, 0.3) is 0 Å². The van der Waals surface area contributed by atoms with Crippen LogP contribution in [0.15, 0.2) is 0 Å². The van der Waals surface area contributed by atoms with Gasteiger partial charge < -0.3 is 20.3 Å². The number of carbonyl (C=O) groups excluding carboxylic acids is 2. The smallest absolute Gasteiger partial charge is 0.241 e. The van der Waals surface area contributed by atoms with Crippen LogP contribution in [0.5, 0.6) is 0 Å². The molecule has 1 rings (SSSR count). The van der Waals surface area contributed by atoms with Crippen LogP contribution in [-0.4, -0.2) is 67.6 Å². The number of amides is 2. The van der Waals surface area contributed by atoms with Gasteiger partial charge in [-0.25, -0.2) is 0 Å². The maximum Gasteiger partial charge on any atom is 0.241 e. The Morgan fingerprint density at radius 2 is 1.82 bits per heavy atom. The molecule has 0 aromatic rings. The SMILES string of the molecule is COCC(N)C(=O)N1CCCN(C(C)=O)CC1. The monoisotopic (exact) mass is 243 g/mol. The van der Waals surface area contributed by atoms with Crippen LogP contribution in [0.3, 0.4) is 0 Å². The van der Waals surface area contributed by atoms with E-state index in [9.17, 15) is 9.59 Å². The summed E-state index contributed by atoms with van der Waals surface area (Å²) in [6, 6.07) is -0.608. The van der Waals surface area contributed by atoms with Gasteiger partial charge in [-0.1, -0.05) is 0 Å². The highest BCUT2D eigenvalue weighted by Crippen LogP contribution is 2.05. The molecule has 1 fully saturated rings. The molecule has 1 unspecified atom stereocenters. The molecule has 98 valence electrons. The van der Waals surface area contributed by atoms with Crippen LogP contribution >= 0.6 is 0 Å². The van der Waals surface area contributed by atoms with Crippen molar-refractivity contribution in [2.24, 2.45) is 5.73 Å². The summed E-state index contributed by atoms with van der Waals surface area (Å²) in [4.78, 5) is 26.7. The first-order chi connectivity index (χ1) is 8.06. The summed E-state index contributed by atoms with van der Waals surface area (Å²) in [6.45, 7) is 4.27. The molecule has 1 heterocycles. The molecule has 0 aromatic carbocycles. The molecular formula is C11H21N3O3. The van der Waals surface area contributed by atoms with E-state index >= 15 is 0 Å². The zero-order valence-electron chi connectivity index (χ0n) is 10.5. The molecule has 0 bridgehead atoms. The van der Waals surface area contributed by atoms with E-state index in [1.165, 1.54) is 7.11 Å². The minimum Gasteiger partial charge on any atom is -0.383 e. The van der Waals surface area contributed by atoms with Gasteiger partial charge in [-0.15, -0.1) is 0 Å². The fraction of sp³-hybridized carbons (Fsp3) is 0.818. The molecule has 0 aliphatic carbocycles. The molecule has 1 aliphatic rings. The third kappa shape index (κ3) is 3.98. The zero-order chi connectivity index (χ0) is 12.8. The van der Waals surface area contributed by atoms with Crippen molar-refractivity contribution in [1.29, 1.82) is 0 Å². The first-order valence-electron chi connectivity index (χ1n) is 5.85. The van der Waals surface area contributed by atoms with Gasteiger partial charge in [-0.2, -0.15) is 0 Å². The number of carbonyl (C=O) groups is 2. The van der Waals surface area contributed by atoms with Gasteiger partial charge in [-0.05, 0) is 6.42 Å². The molecule has 1 atom stereocenters. The molecule has 1 saturated heterocycles. The Morgan fingerprint density at radius 3 is 2.41 bits per heavy atom. The van der Waals surface area contributed by atoms with Crippen molar-refractivity contribution < 1.29 is 14.3 Å². The topological polar surface area (TPSA) is 75.9 Å². The Labute approximate surface area is 102 Å². The summed E-state index contributed by atoms with van der Waals surface area (Å²) in [5, 5.41) is 0. The van der Waals surface area contributed by atoms with E-state index in [-0.39, 0.29) is 18.4 Å². The maximum absolute atomic E-state index is 11.9. The Hall–Kier alpha value is -1.14. The molecule has 0 aromatic heterocycles. The van der Waals surface area contributed by atoms with Crippen LogP contribution in [0.2, 0.25) is 0 Å². The Bertz CT molecular complexity index is 283. The van der Waals surface area contributed by atoms with Crippen LogP contribution in [0.1, 0.15) is 13.3 Å². The Kier molecular flexibility index (Phi) is 5.37. The van der Waals surface area contributed by atoms with Gasteiger partial charge in [0.2, 0.25) is 11.8 Å². The highest BCUT2D eigenvalue weighted by molar-refractivity contribution is 5.82. The van der Waals surface area contributed by atoms with Crippen molar-refractivity contribution in [1.82, 2.24) is 9.80 Å². The quantitative estimate of drug-likeness (QED) is 0.693. The number of rotatable bonds is 3. The average Bonchev–Trinajstić information content (AvgIpc) is 2.53. The lowest BCUT2D eigenvalue weighted by molar-refractivity contribution is -0.134. The van der Waals surface area contributed by atoms with Crippen LogP contribution < -0.4 is 5.73 Å². The minimum atomic E-state index is -0.608. The van der Waals surface area contributed by atoms with E-state index in [1.54, 1.807) is 16.7 Å². The maximum atomic E-state index is 11.9. The third-order valence-corrected chi connectivity index (χ3v) is 2.92. The summed E-state index contributed by atoms with van der Waals surface area (Å²) in [5.74, 6) is -0.0438. The number of nitrogens with zero attached hydrogens (tertiary/aromatic N) is 2. The van der Waals surface area contributed by atoms with Crippen molar-refractivity contribution in [3.8, 4) is 0 Å². The van der Waals surface area contributed by atoms with E-state index in [0.717, 1.165) is 6.42 Å². The summed E-state index contributed by atoms with van der Waals surface area (Å²) < 4.78 is 4.87. The molecule has 1 aliphatic heterocycles. The van der Waals surface area contributed by atoms with Gasteiger partial charge in [-0.3, -0.25) is 9.59 Å². The van der Waals surface area contributed by atoms with Gasteiger partial charge in [0, 0.05) is 40.2 Å². The Balaban J connectivity index is 2.50. The summed E-state index contributed by atoms with van der Waals surface area (Å²) in [6.07, 6.45) is 0.797. The first-order valence-corrected chi connectivity index (χ1v) is 5.85. The van der Waals surface area contributed by atoms with E-state index < -0.39 is 6.04 Å². The van der Waals surface area contributed by atoms with Crippen molar-refractivity contribution in [2.75, 3.05) is 39.9 Å². The normalized spacial score (nSPS) is 18.8. The number of ether oxygens (including phenoxy) is 1. The molecule has 6 heteroatoms. The molecule has 0 radical (unpaired) electrons. The second kappa shape index (κ2) is 6.56. The highest BCUT2D eigenvalue weighted by atomic mass is 16.5. The molecule has 2 N–H and O–H groups in total. The van der Waals surface area contributed by atoms with E-state index in [1.807, 2.05) is 0 Å². The van der Waals surface area contributed by atoms with Crippen LogP contribution in [0.4, 0.5) is 0 Å². The largest absolute Gasteiger partial charge is 0.383 e. The van der Waals surface area contributed by atoms with Gasteiger partial charge in [0.05, 0.1) is 6.61 Å². The standard InChI is InChI=1S/C11H21N3O3/c1-9(15)13-4-3-5-14(7-6-13)11(16)10(12)8-17-2/h10H,3-8,12H2,1-2H3. The number of nitrogens with two attached hydrogens (primary N) is 1. The number of hydrogen-bond donors (Lipinski definition) is 1. The summed E-state index contributed by atoms with van der Waals surface area (Å²) in [5.41, 5.74) is 5.71. The summed E-state index contributed by atoms with van der Waals surface area (Å²) >= 11 is 0. The number of methoxy groups -OCH3 is 1. The van der Waals surface area contributed by atoms with Gasteiger partial charge in [0.25, 0.3) is 0 Å². The van der Waals surface area contributed by atoms with E-state index in [2.05, 4.69) is 0 Å². The third-order valence-electron chi connectivity index (χ3n) is 2.92. The first kappa shape index (κ1) is 13.9. The van der Waals surface area contributed by atoms with Crippen LogP contribution in [-0.2, 0) is 14.3 Å². The van der Waals surface area contributed by atoms with Crippen molar-refractivity contribution >= 4 is 11.8 Å². The zero-order valence-corrected chi connectivity index (χ0v) is 10.5. The van der Waals surface area contributed by atoms with E-state index in [0.29, 0.717) is 26.2 Å². The lowest BCUT2D eigenvalue weighted by Gasteiger charge is -2.24. The van der Waals surface area contributed by atoms with Gasteiger partial charge in [0.15, 0.2) is 0 Å². The fourth-order valence-electron chi connectivity index (χ4n) is 1.94. The molecular weight excluding hydrogens is 222 g/mol. The van der Waals surface area contributed by atoms with Crippen molar-refractivity contribution in [3.05, 3.63) is 0 Å².